The summed E-state index contributed by atoms with van der Waals surface area (Å²) in [6, 6.07) is 3.66. The molecule has 0 aliphatic rings. The molecule has 0 bridgehead atoms. The molecule has 0 saturated carbocycles. The summed E-state index contributed by atoms with van der Waals surface area (Å²) < 4.78 is 26.5. The SMILES string of the molecule is Cc1[nH]c(=O)sc1S(=O)(=O)NCCc1ccncc1. The lowest BCUT2D eigenvalue weighted by Gasteiger charge is -2.05. The summed E-state index contributed by atoms with van der Waals surface area (Å²) in [5, 5.41) is 0. The van der Waals surface area contributed by atoms with Crippen molar-refractivity contribution in [2.75, 3.05) is 6.54 Å². The number of sulfonamides is 1. The van der Waals surface area contributed by atoms with Crippen LogP contribution in [0.1, 0.15) is 11.3 Å². The Kier molecular flexibility index (Phi) is 4.13. The average molecular weight is 299 g/mol. The molecule has 19 heavy (non-hydrogen) atoms. The molecule has 2 rings (SSSR count). The Labute approximate surface area is 114 Å². The zero-order valence-electron chi connectivity index (χ0n) is 10.2. The monoisotopic (exact) mass is 299 g/mol. The quantitative estimate of drug-likeness (QED) is 0.848. The van der Waals surface area contributed by atoms with E-state index < -0.39 is 10.0 Å². The van der Waals surface area contributed by atoms with Gasteiger partial charge in [0.05, 0.1) is 0 Å². The molecule has 0 saturated heterocycles. The minimum atomic E-state index is -3.62. The maximum atomic E-state index is 12.0. The number of H-pyrrole nitrogens is 1. The Balaban J connectivity index is 2.03. The van der Waals surface area contributed by atoms with Gasteiger partial charge < -0.3 is 4.98 Å². The minimum Gasteiger partial charge on any atom is -0.315 e. The van der Waals surface area contributed by atoms with Crippen molar-refractivity contribution in [3.63, 3.8) is 0 Å². The number of thiazole rings is 1. The molecule has 102 valence electrons. The van der Waals surface area contributed by atoms with E-state index in [9.17, 15) is 13.2 Å². The van der Waals surface area contributed by atoms with Crippen molar-refractivity contribution in [2.24, 2.45) is 0 Å². The van der Waals surface area contributed by atoms with E-state index in [0.29, 0.717) is 23.5 Å². The normalized spacial score (nSPS) is 11.6. The number of aromatic amines is 1. The summed E-state index contributed by atoms with van der Waals surface area (Å²) in [7, 11) is -3.62. The fourth-order valence-electron chi connectivity index (χ4n) is 1.59. The molecule has 2 heterocycles. The van der Waals surface area contributed by atoms with Gasteiger partial charge in [-0.25, -0.2) is 13.1 Å². The number of aryl methyl sites for hydroxylation is 1. The first-order chi connectivity index (χ1) is 8.99. The van der Waals surface area contributed by atoms with Gasteiger partial charge in [-0.15, -0.1) is 0 Å². The van der Waals surface area contributed by atoms with Crippen molar-refractivity contribution < 1.29 is 8.42 Å². The van der Waals surface area contributed by atoms with E-state index in [1.807, 2.05) is 12.1 Å². The number of nitrogens with zero attached hydrogens (tertiary/aromatic N) is 1. The summed E-state index contributed by atoms with van der Waals surface area (Å²) in [6.45, 7) is 1.84. The standard InChI is InChI=1S/C11H13N3O3S2/c1-8-10(18-11(15)14-8)19(16,17)13-7-4-9-2-5-12-6-3-9/h2-3,5-6,13H,4,7H2,1H3,(H,14,15). The van der Waals surface area contributed by atoms with Gasteiger partial charge in [-0.3, -0.25) is 9.78 Å². The summed E-state index contributed by atoms with van der Waals surface area (Å²) in [5.41, 5.74) is 1.36. The van der Waals surface area contributed by atoms with Crippen molar-refractivity contribution in [1.82, 2.24) is 14.7 Å². The smallest absolute Gasteiger partial charge is 0.305 e. The second kappa shape index (κ2) is 5.64. The molecule has 2 aromatic rings. The first kappa shape index (κ1) is 13.9. The van der Waals surface area contributed by atoms with Crippen molar-refractivity contribution in [1.29, 1.82) is 0 Å². The summed E-state index contributed by atoms with van der Waals surface area (Å²) in [4.78, 5) is 17.1. The van der Waals surface area contributed by atoms with Crippen LogP contribution in [0, 0.1) is 6.92 Å². The number of pyridine rings is 1. The van der Waals surface area contributed by atoms with Crippen LogP contribution in [-0.2, 0) is 16.4 Å². The van der Waals surface area contributed by atoms with Gasteiger partial charge in [-0.05, 0) is 31.0 Å². The van der Waals surface area contributed by atoms with Crippen molar-refractivity contribution >= 4 is 21.4 Å². The third-order valence-corrected chi connectivity index (χ3v) is 5.55. The van der Waals surface area contributed by atoms with Gasteiger partial charge in [0.15, 0.2) is 4.21 Å². The summed E-state index contributed by atoms with van der Waals surface area (Å²) >= 11 is 0.696. The largest absolute Gasteiger partial charge is 0.315 e. The van der Waals surface area contributed by atoms with Gasteiger partial charge in [-0.2, -0.15) is 0 Å². The summed E-state index contributed by atoms with van der Waals surface area (Å²) in [6.07, 6.45) is 3.89. The highest BCUT2D eigenvalue weighted by Crippen LogP contribution is 2.15. The fourth-order valence-corrected chi connectivity index (χ4v) is 3.97. The van der Waals surface area contributed by atoms with E-state index in [2.05, 4.69) is 14.7 Å². The van der Waals surface area contributed by atoms with E-state index in [1.165, 1.54) is 0 Å². The Bertz CT molecular complexity index is 704. The number of hydrogen-bond acceptors (Lipinski definition) is 5. The Morgan fingerprint density at radius 3 is 2.63 bits per heavy atom. The van der Waals surface area contributed by atoms with E-state index in [0.717, 1.165) is 5.56 Å². The van der Waals surface area contributed by atoms with Crippen LogP contribution in [0.4, 0.5) is 0 Å². The zero-order chi connectivity index (χ0) is 13.9. The molecule has 0 radical (unpaired) electrons. The lowest BCUT2D eigenvalue weighted by atomic mass is 10.2. The lowest BCUT2D eigenvalue weighted by molar-refractivity contribution is 0.583. The molecule has 8 heteroatoms. The fraction of sp³-hybridized carbons (Fsp3) is 0.273. The van der Waals surface area contributed by atoms with Gasteiger partial charge in [0.25, 0.3) is 10.0 Å². The minimum absolute atomic E-state index is 0.0484. The highest BCUT2D eigenvalue weighted by atomic mass is 32.2. The molecule has 0 aliphatic heterocycles. The average Bonchev–Trinajstić information content (AvgIpc) is 2.70. The molecule has 0 atom stereocenters. The highest BCUT2D eigenvalue weighted by Gasteiger charge is 2.19. The van der Waals surface area contributed by atoms with E-state index in [1.54, 1.807) is 19.3 Å². The third kappa shape index (κ3) is 3.49. The Morgan fingerprint density at radius 2 is 2.05 bits per heavy atom. The van der Waals surface area contributed by atoms with Crippen LogP contribution >= 0.6 is 11.3 Å². The van der Waals surface area contributed by atoms with Gasteiger partial charge in [0.1, 0.15) is 0 Å². The van der Waals surface area contributed by atoms with Gasteiger partial charge in [0, 0.05) is 24.6 Å². The Morgan fingerprint density at radius 1 is 1.37 bits per heavy atom. The number of nitrogens with one attached hydrogen (secondary N) is 2. The maximum Gasteiger partial charge on any atom is 0.305 e. The van der Waals surface area contributed by atoms with Crippen molar-refractivity contribution in [3.05, 3.63) is 45.5 Å². The van der Waals surface area contributed by atoms with Gasteiger partial charge in [-0.1, -0.05) is 11.3 Å². The molecule has 0 amide bonds. The van der Waals surface area contributed by atoms with Crippen LogP contribution in [0.25, 0.3) is 0 Å². The maximum absolute atomic E-state index is 12.0. The highest BCUT2D eigenvalue weighted by molar-refractivity contribution is 7.91. The van der Waals surface area contributed by atoms with E-state index in [-0.39, 0.29) is 15.6 Å². The third-order valence-electron chi connectivity index (χ3n) is 2.48. The molecule has 0 unspecified atom stereocenters. The van der Waals surface area contributed by atoms with Crippen LogP contribution in [0.2, 0.25) is 0 Å². The van der Waals surface area contributed by atoms with Crippen LogP contribution in [0.5, 0.6) is 0 Å². The molecule has 0 spiro atoms. The predicted molar refractivity (Wildman–Crippen MR) is 72.8 cm³/mol. The molecule has 0 aliphatic carbocycles. The molecule has 0 aromatic carbocycles. The topological polar surface area (TPSA) is 91.9 Å². The van der Waals surface area contributed by atoms with Gasteiger partial charge >= 0.3 is 4.87 Å². The predicted octanol–water partition coefficient (Wildman–Crippen LogP) is 0.661. The molecular formula is C11H13N3O3S2. The molecule has 0 fully saturated rings. The Hall–Kier alpha value is -1.51. The van der Waals surface area contributed by atoms with Gasteiger partial charge in [0.2, 0.25) is 0 Å². The zero-order valence-corrected chi connectivity index (χ0v) is 11.8. The number of hydrogen-bond donors (Lipinski definition) is 2. The van der Waals surface area contributed by atoms with Crippen LogP contribution in [0.15, 0.2) is 33.5 Å². The van der Waals surface area contributed by atoms with E-state index >= 15 is 0 Å². The molecule has 2 aromatic heterocycles. The van der Waals surface area contributed by atoms with Crippen molar-refractivity contribution in [2.45, 2.75) is 17.6 Å². The molecule has 2 N–H and O–H groups in total. The second-order valence-corrected chi connectivity index (χ2v) is 6.88. The summed E-state index contributed by atoms with van der Waals surface area (Å²) in [5.74, 6) is 0. The molecule has 6 nitrogen and oxygen atoms in total. The van der Waals surface area contributed by atoms with Crippen LogP contribution in [0.3, 0.4) is 0 Å². The van der Waals surface area contributed by atoms with Crippen molar-refractivity contribution in [3.8, 4) is 0 Å². The van der Waals surface area contributed by atoms with Crippen LogP contribution < -0.4 is 9.60 Å². The van der Waals surface area contributed by atoms with Crippen LogP contribution in [-0.4, -0.2) is 24.9 Å². The second-order valence-electron chi connectivity index (χ2n) is 3.93. The first-order valence-electron chi connectivity index (χ1n) is 5.57. The molecular weight excluding hydrogens is 286 g/mol. The number of rotatable bonds is 5. The van der Waals surface area contributed by atoms with E-state index in [4.69, 9.17) is 0 Å². The number of aromatic nitrogens is 2. The first-order valence-corrected chi connectivity index (χ1v) is 7.87. The lowest BCUT2D eigenvalue weighted by Crippen LogP contribution is -2.25.